The van der Waals surface area contributed by atoms with Crippen molar-refractivity contribution >= 4 is 5.91 Å². The van der Waals surface area contributed by atoms with Crippen LogP contribution in [-0.2, 0) is 10.4 Å². The van der Waals surface area contributed by atoms with Crippen LogP contribution in [0.15, 0.2) is 48.5 Å². The molecule has 26 heavy (non-hydrogen) atoms. The van der Waals surface area contributed by atoms with Crippen molar-refractivity contribution in [2.45, 2.75) is 24.4 Å². The smallest absolute Gasteiger partial charge is 0.264 e. The third-order valence-electron chi connectivity index (χ3n) is 6.35. The Labute approximate surface area is 150 Å². The molecule has 2 aliphatic carbocycles. The van der Waals surface area contributed by atoms with Gasteiger partial charge in [0.1, 0.15) is 0 Å². The molecule has 1 saturated heterocycles. The summed E-state index contributed by atoms with van der Waals surface area (Å²) in [6.45, 7) is 0.314. The molecular weight excluding hydrogens is 336 g/mol. The number of carbonyl (C=O) groups is 1. The average molecular weight is 355 g/mol. The van der Waals surface area contributed by atoms with Gasteiger partial charge in [-0.3, -0.25) is 4.79 Å². The van der Waals surface area contributed by atoms with Gasteiger partial charge in [0.05, 0.1) is 0 Å². The fourth-order valence-corrected chi connectivity index (χ4v) is 5.04. The summed E-state index contributed by atoms with van der Waals surface area (Å²) in [4.78, 5) is 14.8. The Bertz CT molecular complexity index is 865. The first-order valence-corrected chi connectivity index (χ1v) is 9.02. The second-order valence-corrected chi connectivity index (χ2v) is 7.68. The summed E-state index contributed by atoms with van der Waals surface area (Å²) in [5.41, 5.74) is 0.915. The highest BCUT2D eigenvalue weighted by Gasteiger charge is 2.58. The maximum Gasteiger partial charge on any atom is 0.264 e. The molecule has 2 aromatic rings. The molecular formula is C21H19F2NO2. The molecule has 2 atom stereocenters. The van der Waals surface area contributed by atoms with E-state index in [1.165, 1.54) is 4.90 Å². The molecule has 1 aliphatic heterocycles. The molecule has 2 aromatic carbocycles. The van der Waals surface area contributed by atoms with E-state index < -0.39 is 23.3 Å². The summed E-state index contributed by atoms with van der Waals surface area (Å²) < 4.78 is 28.2. The summed E-state index contributed by atoms with van der Waals surface area (Å²) in [7, 11) is 0. The fourth-order valence-electron chi connectivity index (χ4n) is 5.04. The van der Waals surface area contributed by atoms with Gasteiger partial charge in [-0.1, -0.05) is 48.5 Å². The number of alkyl halides is 2. The zero-order valence-corrected chi connectivity index (χ0v) is 14.2. The third kappa shape index (κ3) is 1.92. The van der Waals surface area contributed by atoms with Gasteiger partial charge in [0.15, 0.2) is 5.60 Å². The minimum atomic E-state index is -2.71. The van der Waals surface area contributed by atoms with Crippen LogP contribution in [0.25, 0.3) is 11.1 Å². The van der Waals surface area contributed by atoms with Gasteiger partial charge >= 0.3 is 0 Å². The van der Waals surface area contributed by atoms with Crippen LogP contribution in [0.3, 0.4) is 0 Å². The lowest BCUT2D eigenvalue weighted by atomic mass is 9.90. The van der Waals surface area contributed by atoms with Crippen LogP contribution in [0, 0.1) is 11.8 Å². The summed E-state index contributed by atoms with van der Waals surface area (Å²) in [5, 5.41) is 11.5. The molecule has 5 heteroatoms. The van der Waals surface area contributed by atoms with E-state index in [4.69, 9.17) is 0 Å². The van der Waals surface area contributed by atoms with Crippen LogP contribution >= 0.6 is 0 Å². The number of hydrogen-bond donors (Lipinski definition) is 1. The number of hydrogen-bond acceptors (Lipinski definition) is 2. The number of rotatable bonds is 1. The van der Waals surface area contributed by atoms with E-state index in [1.807, 2.05) is 24.3 Å². The van der Waals surface area contributed by atoms with Gasteiger partial charge in [0, 0.05) is 36.6 Å². The molecule has 5 rings (SSSR count). The molecule has 0 unspecified atom stereocenters. The Morgan fingerprint density at radius 3 is 2.15 bits per heavy atom. The van der Waals surface area contributed by atoms with E-state index in [0.29, 0.717) is 24.1 Å². The number of amides is 1. The molecule has 3 aliphatic rings. The number of carbonyl (C=O) groups excluding carboxylic acids is 1. The quantitative estimate of drug-likeness (QED) is 0.852. The first-order valence-electron chi connectivity index (χ1n) is 9.02. The van der Waals surface area contributed by atoms with Crippen LogP contribution < -0.4 is 0 Å². The maximum absolute atomic E-state index is 14.1. The summed E-state index contributed by atoms with van der Waals surface area (Å²) in [6.07, 6.45) is 0.341. The minimum absolute atomic E-state index is 0.0170. The highest BCUT2D eigenvalue weighted by Crippen LogP contribution is 2.52. The second kappa shape index (κ2) is 5.13. The fraction of sp³-hybridized carbons (Fsp3) is 0.381. The third-order valence-corrected chi connectivity index (χ3v) is 6.35. The van der Waals surface area contributed by atoms with E-state index in [0.717, 1.165) is 11.1 Å². The van der Waals surface area contributed by atoms with Crippen molar-refractivity contribution < 1.29 is 18.7 Å². The summed E-state index contributed by atoms with van der Waals surface area (Å²) in [5.74, 6) is -4.17. The van der Waals surface area contributed by atoms with Gasteiger partial charge in [-0.15, -0.1) is 0 Å². The number of likely N-dealkylation sites (tertiary alicyclic amines) is 1. The molecule has 2 fully saturated rings. The van der Waals surface area contributed by atoms with Gasteiger partial charge in [-0.25, -0.2) is 8.78 Å². The van der Waals surface area contributed by atoms with E-state index >= 15 is 0 Å². The van der Waals surface area contributed by atoms with Crippen molar-refractivity contribution in [3.8, 4) is 11.1 Å². The van der Waals surface area contributed by atoms with Crippen LogP contribution in [0.5, 0.6) is 0 Å². The lowest BCUT2D eigenvalue weighted by Crippen LogP contribution is -2.46. The predicted molar refractivity (Wildman–Crippen MR) is 92.6 cm³/mol. The molecule has 134 valence electrons. The Morgan fingerprint density at radius 1 is 1.00 bits per heavy atom. The number of aliphatic hydroxyl groups is 1. The van der Waals surface area contributed by atoms with E-state index in [2.05, 4.69) is 0 Å². The van der Waals surface area contributed by atoms with E-state index in [-0.39, 0.29) is 18.9 Å². The second-order valence-electron chi connectivity index (χ2n) is 7.68. The zero-order chi connectivity index (χ0) is 18.1. The first kappa shape index (κ1) is 15.9. The monoisotopic (exact) mass is 355 g/mol. The molecule has 0 spiro atoms. The lowest BCUT2D eigenvalue weighted by Gasteiger charge is -2.30. The average Bonchev–Trinajstić information content (AvgIpc) is 3.28. The van der Waals surface area contributed by atoms with Crippen LogP contribution in [0.2, 0.25) is 0 Å². The molecule has 1 amide bonds. The van der Waals surface area contributed by atoms with Crippen molar-refractivity contribution in [1.82, 2.24) is 4.90 Å². The van der Waals surface area contributed by atoms with E-state index in [9.17, 15) is 18.7 Å². The standard InChI is InChI=1S/C21H19F2NO2/c22-20(23)10-9-13-11-24(12-18(13)20)19(25)21(26)16-7-3-1-5-14(16)15-6-2-4-8-17(15)21/h1-8,13,18,26H,9-12H2/t13-,18+/m1/s1. The Kier molecular flexibility index (Phi) is 3.15. The van der Waals surface area contributed by atoms with Gasteiger partial charge in [-0.05, 0) is 23.5 Å². The molecule has 1 heterocycles. The van der Waals surface area contributed by atoms with Crippen molar-refractivity contribution in [3.05, 3.63) is 59.7 Å². The minimum Gasteiger partial charge on any atom is -0.372 e. The molecule has 3 nitrogen and oxygen atoms in total. The number of benzene rings is 2. The normalized spacial score (nSPS) is 27.1. The SMILES string of the molecule is O=C(N1C[C@H]2CCC(F)(F)[C@H]2C1)C1(O)c2ccccc2-c2ccccc21. The van der Waals surface area contributed by atoms with Gasteiger partial charge in [-0.2, -0.15) is 0 Å². The number of fused-ring (bicyclic) bond motifs is 4. The van der Waals surface area contributed by atoms with Gasteiger partial charge in [0.2, 0.25) is 0 Å². The Morgan fingerprint density at radius 2 is 1.58 bits per heavy atom. The highest BCUT2D eigenvalue weighted by atomic mass is 19.3. The highest BCUT2D eigenvalue weighted by molar-refractivity contribution is 5.99. The summed E-state index contributed by atoms with van der Waals surface area (Å²) in [6, 6.07) is 14.6. The number of nitrogens with zero attached hydrogens (tertiary/aromatic N) is 1. The molecule has 1 N–H and O–H groups in total. The molecule has 0 radical (unpaired) electrons. The summed E-state index contributed by atoms with van der Waals surface area (Å²) >= 11 is 0. The number of halogens is 2. The Balaban J connectivity index is 1.57. The largest absolute Gasteiger partial charge is 0.372 e. The lowest BCUT2D eigenvalue weighted by molar-refractivity contribution is -0.147. The van der Waals surface area contributed by atoms with Crippen LogP contribution in [-0.4, -0.2) is 34.9 Å². The zero-order valence-electron chi connectivity index (χ0n) is 14.2. The van der Waals surface area contributed by atoms with Crippen LogP contribution in [0.1, 0.15) is 24.0 Å². The van der Waals surface area contributed by atoms with Crippen molar-refractivity contribution in [3.63, 3.8) is 0 Å². The Hall–Kier alpha value is -2.27. The van der Waals surface area contributed by atoms with Gasteiger partial charge < -0.3 is 10.0 Å². The van der Waals surface area contributed by atoms with Gasteiger partial charge in [0.25, 0.3) is 11.8 Å². The maximum atomic E-state index is 14.1. The predicted octanol–water partition coefficient (Wildman–Crippen LogP) is 3.41. The molecule has 0 aromatic heterocycles. The molecule has 0 bridgehead atoms. The van der Waals surface area contributed by atoms with Crippen LogP contribution in [0.4, 0.5) is 8.78 Å². The molecule has 1 saturated carbocycles. The topological polar surface area (TPSA) is 40.5 Å². The van der Waals surface area contributed by atoms with Crippen molar-refractivity contribution in [1.29, 1.82) is 0 Å². The van der Waals surface area contributed by atoms with Crippen molar-refractivity contribution in [2.75, 3.05) is 13.1 Å². The first-order chi connectivity index (χ1) is 12.4. The van der Waals surface area contributed by atoms with E-state index in [1.54, 1.807) is 24.3 Å². The van der Waals surface area contributed by atoms with Crippen molar-refractivity contribution in [2.24, 2.45) is 11.8 Å².